The number of methoxy groups -OCH3 is 1. The van der Waals surface area contributed by atoms with Crippen LogP contribution in [0.5, 0.6) is 0 Å². The molecule has 0 aliphatic heterocycles. The molecule has 0 amide bonds. The summed E-state index contributed by atoms with van der Waals surface area (Å²) in [6.45, 7) is 2.42. The van der Waals surface area contributed by atoms with Crippen molar-refractivity contribution in [2.45, 2.75) is 18.7 Å². The van der Waals surface area contributed by atoms with Crippen LogP contribution in [-0.2, 0) is 15.1 Å². The van der Waals surface area contributed by atoms with Crippen molar-refractivity contribution in [3.05, 3.63) is 29.8 Å². The number of rotatable bonds is 4. The standard InChI is InChI=1S/C12H14F3NO3/c1-3-16-9-6-4-8(5-7-9)11(18,10(17)19-2)12(13,14)15/h4-7,16,18H,3H2,1-2H3. The van der Waals surface area contributed by atoms with Gasteiger partial charge in [-0.25, -0.2) is 4.79 Å². The van der Waals surface area contributed by atoms with Crippen LogP contribution < -0.4 is 5.32 Å². The Labute approximate surface area is 108 Å². The normalized spacial score (nSPS) is 14.6. The van der Waals surface area contributed by atoms with Crippen molar-refractivity contribution in [3.8, 4) is 0 Å². The summed E-state index contributed by atoms with van der Waals surface area (Å²) in [6, 6.07) is 4.75. The SMILES string of the molecule is CCNc1ccc(C(O)(C(=O)OC)C(F)(F)F)cc1. The molecule has 7 heteroatoms. The number of carbonyl (C=O) groups is 1. The van der Waals surface area contributed by atoms with Gasteiger partial charge in [0.2, 0.25) is 0 Å². The Bertz CT molecular complexity index is 445. The van der Waals surface area contributed by atoms with Gasteiger partial charge in [-0.1, -0.05) is 12.1 Å². The maximum atomic E-state index is 12.9. The number of hydrogen-bond donors (Lipinski definition) is 2. The molecule has 0 heterocycles. The number of carbonyl (C=O) groups excluding carboxylic acids is 1. The first-order valence-corrected chi connectivity index (χ1v) is 5.49. The summed E-state index contributed by atoms with van der Waals surface area (Å²) in [6.07, 6.45) is -5.17. The van der Waals surface area contributed by atoms with Gasteiger partial charge in [0, 0.05) is 17.8 Å². The van der Waals surface area contributed by atoms with Gasteiger partial charge in [-0.05, 0) is 19.1 Å². The van der Waals surface area contributed by atoms with Crippen LogP contribution in [0.4, 0.5) is 18.9 Å². The summed E-state index contributed by atoms with van der Waals surface area (Å²) >= 11 is 0. The molecule has 0 bridgehead atoms. The summed E-state index contributed by atoms with van der Waals surface area (Å²) in [5.41, 5.74) is -3.67. The van der Waals surface area contributed by atoms with Gasteiger partial charge < -0.3 is 15.2 Å². The molecule has 1 rings (SSSR count). The summed E-state index contributed by atoms with van der Waals surface area (Å²) in [5, 5.41) is 12.6. The van der Waals surface area contributed by atoms with Crippen molar-refractivity contribution in [2.24, 2.45) is 0 Å². The molecular weight excluding hydrogens is 263 g/mol. The van der Waals surface area contributed by atoms with Crippen molar-refractivity contribution in [2.75, 3.05) is 19.0 Å². The summed E-state index contributed by atoms with van der Waals surface area (Å²) < 4.78 is 42.8. The van der Waals surface area contributed by atoms with Crippen LogP contribution in [0.3, 0.4) is 0 Å². The third-order valence-corrected chi connectivity index (χ3v) is 2.57. The maximum absolute atomic E-state index is 12.9. The predicted octanol–water partition coefficient (Wildman–Crippen LogP) is 2.04. The van der Waals surface area contributed by atoms with Gasteiger partial charge in [0.15, 0.2) is 0 Å². The Hall–Kier alpha value is -1.76. The minimum Gasteiger partial charge on any atom is -0.466 e. The molecule has 2 N–H and O–H groups in total. The highest BCUT2D eigenvalue weighted by Crippen LogP contribution is 2.40. The fourth-order valence-electron chi connectivity index (χ4n) is 1.58. The van der Waals surface area contributed by atoms with Crippen LogP contribution >= 0.6 is 0 Å². The summed E-state index contributed by atoms with van der Waals surface area (Å²) in [7, 11) is 0.784. The lowest BCUT2D eigenvalue weighted by Crippen LogP contribution is -2.49. The van der Waals surface area contributed by atoms with Gasteiger partial charge >= 0.3 is 12.1 Å². The smallest absolute Gasteiger partial charge is 0.432 e. The van der Waals surface area contributed by atoms with Gasteiger partial charge in [-0.3, -0.25) is 0 Å². The van der Waals surface area contributed by atoms with Gasteiger partial charge in [0.1, 0.15) is 0 Å². The van der Waals surface area contributed by atoms with Crippen molar-refractivity contribution in [3.63, 3.8) is 0 Å². The van der Waals surface area contributed by atoms with E-state index in [4.69, 9.17) is 0 Å². The van der Waals surface area contributed by atoms with E-state index in [0.29, 0.717) is 12.2 Å². The second-order valence-corrected chi connectivity index (χ2v) is 3.81. The maximum Gasteiger partial charge on any atom is 0.432 e. The fourth-order valence-corrected chi connectivity index (χ4v) is 1.58. The van der Waals surface area contributed by atoms with Gasteiger partial charge in [0.05, 0.1) is 7.11 Å². The molecule has 1 atom stereocenters. The highest BCUT2D eigenvalue weighted by Gasteiger charge is 2.62. The first kappa shape index (κ1) is 15.3. The predicted molar refractivity (Wildman–Crippen MR) is 62.6 cm³/mol. The summed E-state index contributed by atoms with van der Waals surface area (Å²) in [4.78, 5) is 11.3. The van der Waals surface area contributed by atoms with E-state index in [-0.39, 0.29) is 0 Å². The quantitative estimate of drug-likeness (QED) is 0.827. The monoisotopic (exact) mass is 277 g/mol. The Balaban J connectivity index is 3.23. The Kier molecular flexibility index (Phi) is 4.41. The second kappa shape index (κ2) is 5.48. The molecule has 0 saturated carbocycles. The highest BCUT2D eigenvalue weighted by molar-refractivity contribution is 5.82. The number of esters is 1. The lowest BCUT2D eigenvalue weighted by atomic mass is 9.93. The molecule has 0 aromatic heterocycles. The minimum atomic E-state index is -5.17. The lowest BCUT2D eigenvalue weighted by Gasteiger charge is -2.28. The molecule has 19 heavy (non-hydrogen) atoms. The zero-order valence-electron chi connectivity index (χ0n) is 10.4. The van der Waals surface area contributed by atoms with Crippen LogP contribution in [-0.4, -0.2) is 30.9 Å². The number of hydrogen-bond acceptors (Lipinski definition) is 4. The lowest BCUT2D eigenvalue weighted by molar-refractivity contribution is -0.266. The first-order chi connectivity index (χ1) is 8.77. The van der Waals surface area contributed by atoms with E-state index in [1.54, 1.807) is 0 Å². The van der Waals surface area contributed by atoms with E-state index in [9.17, 15) is 23.1 Å². The molecule has 0 fully saturated rings. The van der Waals surface area contributed by atoms with Gasteiger partial charge in [-0.15, -0.1) is 0 Å². The van der Waals surface area contributed by atoms with E-state index < -0.39 is 23.3 Å². The van der Waals surface area contributed by atoms with Crippen LogP contribution in [0, 0.1) is 0 Å². The third kappa shape index (κ3) is 2.81. The molecule has 106 valence electrons. The summed E-state index contributed by atoms with van der Waals surface area (Å²) in [5.74, 6) is -1.77. The Morgan fingerprint density at radius 2 is 1.84 bits per heavy atom. The van der Waals surface area contributed by atoms with Crippen molar-refractivity contribution in [1.82, 2.24) is 0 Å². The molecular formula is C12H14F3NO3. The molecule has 1 unspecified atom stereocenters. The minimum absolute atomic E-state index is 0.584. The fraction of sp³-hybridized carbons (Fsp3) is 0.417. The molecule has 0 spiro atoms. The van der Waals surface area contributed by atoms with E-state index >= 15 is 0 Å². The van der Waals surface area contributed by atoms with E-state index in [1.807, 2.05) is 6.92 Å². The molecule has 1 aromatic carbocycles. The number of ether oxygens (including phenoxy) is 1. The Morgan fingerprint density at radius 1 is 1.32 bits per heavy atom. The molecule has 0 aliphatic rings. The second-order valence-electron chi connectivity index (χ2n) is 3.81. The number of benzene rings is 1. The number of anilines is 1. The van der Waals surface area contributed by atoms with Crippen LogP contribution in [0.2, 0.25) is 0 Å². The number of alkyl halides is 3. The van der Waals surface area contributed by atoms with E-state index in [2.05, 4.69) is 10.1 Å². The highest BCUT2D eigenvalue weighted by atomic mass is 19.4. The van der Waals surface area contributed by atoms with Crippen LogP contribution in [0.1, 0.15) is 12.5 Å². The third-order valence-electron chi connectivity index (χ3n) is 2.57. The average molecular weight is 277 g/mol. The average Bonchev–Trinajstić information content (AvgIpc) is 2.36. The Morgan fingerprint density at radius 3 is 2.21 bits per heavy atom. The molecule has 1 aromatic rings. The zero-order chi connectivity index (χ0) is 14.7. The zero-order valence-corrected chi connectivity index (χ0v) is 10.4. The molecule has 0 aliphatic carbocycles. The van der Waals surface area contributed by atoms with Crippen LogP contribution in [0.25, 0.3) is 0 Å². The van der Waals surface area contributed by atoms with Gasteiger partial charge in [-0.2, -0.15) is 13.2 Å². The first-order valence-electron chi connectivity index (χ1n) is 5.49. The van der Waals surface area contributed by atoms with E-state index in [0.717, 1.165) is 19.2 Å². The molecule has 0 radical (unpaired) electrons. The topological polar surface area (TPSA) is 58.6 Å². The van der Waals surface area contributed by atoms with E-state index in [1.165, 1.54) is 12.1 Å². The number of nitrogens with one attached hydrogen (secondary N) is 1. The van der Waals surface area contributed by atoms with Gasteiger partial charge in [0.25, 0.3) is 5.60 Å². The number of aliphatic hydroxyl groups is 1. The number of halogens is 3. The molecule has 4 nitrogen and oxygen atoms in total. The molecule has 0 saturated heterocycles. The van der Waals surface area contributed by atoms with Crippen molar-refractivity contribution < 1.29 is 27.8 Å². The van der Waals surface area contributed by atoms with Crippen molar-refractivity contribution >= 4 is 11.7 Å². The largest absolute Gasteiger partial charge is 0.466 e. The van der Waals surface area contributed by atoms with Crippen LogP contribution in [0.15, 0.2) is 24.3 Å². The van der Waals surface area contributed by atoms with Crippen molar-refractivity contribution in [1.29, 1.82) is 0 Å².